The molecule has 5 aromatic rings. The average molecular weight is 580 g/mol. The standard InChI is InChI=1S/C27H30FN9O3S/c1-30-6-7-31-25(38)17-4-5-20(18(28)15-17)35-11-8-34(9-12-35)10-13-36-24-23(41-27(36)39)21-16-19(22-3-2-14-40-22)33-37(21)26(29)32-24/h2-5,14-16,30H,6-13H2,1H3,(H2,29,32)(H,31,38). The van der Waals surface area contributed by atoms with Crippen LogP contribution in [-0.2, 0) is 6.54 Å². The third-order valence-corrected chi connectivity index (χ3v) is 8.24. The number of nitrogens with two attached hydrogens (primary N) is 1. The Morgan fingerprint density at radius 3 is 2.71 bits per heavy atom. The van der Waals surface area contributed by atoms with Gasteiger partial charge in [-0.1, -0.05) is 11.3 Å². The number of likely N-dealkylation sites (N-methyl/N-ethyl adjacent to an activating group) is 1. The van der Waals surface area contributed by atoms with Gasteiger partial charge >= 0.3 is 4.87 Å². The number of piperazine rings is 1. The van der Waals surface area contributed by atoms with Crippen molar-refractivity contribution >= 4 is 44.7 Å². The van der Waals surface area contributed by atoms with Crippen LogP contribution in [0.5, 0.6) is 0 Å². The lowest BCUT2D eigenvalue weighted by Gasteiger charge is -2.36. The average Bonchev–Trinajstić information content (AvgIpc) is 3.72. The summed E-state index contributed by atoms with van der Waals surface area (Å²) in [5.74, 6) is 0.0820. The van der Waals surface area contributed by atoms with Crippen LogP contribution in [0.1, 0.15) is 10.4 Å². The van der Waals surface area contributed by atoms with Crippen LogP contribution in [0.2, 0.25) is 0 Å². The zero-order chi connectivity index (χ0) is 28.5. The summed E-state index contributed by atoms with van der Waals surface area (Å²) >= 11 is 1.12. The number of carbonyl (C=O) groups is 1. The fourth-order valence-electron chi connectivity index (χ4n) is 5.05. The van der Waals surface area contributed by atoms with Crippen molar-refractivity contribution in [3.63, 3.8) is 0 Å². The summed E-state index contributed by atoms with van der Waals surface area (Å²) in [4.78, 5) is 33.8. The molecular weight excluding hydrogens is 549 g/mol. The summed E-state index contributed by atoms with van der Waals surface area (Å²) in [5, 5.41) is 10.2. The minimum atomic E-state index is -0.416. The van der Waals surface area contributed by atoms with Crippen molar-refractivity contribution in [1.82, 2.24) is 34.7 Å². The van der Waals surface area contributed by atoms with Crippen LogP contribution in [0.4, 0.5) is 16.0 Å². The summed E-state index contributed by atoms with van der Waals surface area (Å²) in [6.07, 6.45) is 1.58. The molecule has 0 atom stereocenters. The molecule has 12 nitrogen and oxygen atoms in total. The molecule has 214 valence electrons. The lowest BCUT2D eigenvalue weighted by atomic mass is 10.1. The van der Waals surface area contributed by atoms with Crippen LogP contribution in [0.25, 0.3) is 27.3 Å². The Kier molecular flexibility index (Phi) is 7.43. The molecule has 1 aliphatic rings. The van der Waals surface area contributed by atoms with Crippen LogP contribution in [0.3, 0.4) is 0 Å². The molecule has 1 aromatic carbocycles. The van der Waals surface area contributed by atoms with Crippen LogP contribution in [0, 0.1) is 5.82 Å². The van der Waals surface area contributed by atoms with Gasteiger partial charge in [0, 0.05) is 57.9 Å². The quantitative estimate of drug-likeness (QED) is 0.223. The van der Waals surface area contributed by atoms with E-state index in [1.54, 1.807) is 36.1 Å². The maximum Gasteiger partial charge on any atom is 0.309 e. The van der Waals surface area contributed by atoms with Gasteiger partial charge in [0.15, 0.2) is 11.4 Å². The van der Waals surface area contributed by atoms with E-state index in [-0.39, 0.29) is 16.7 Å². The highest BCUT2D eigenvalue weighted by Crippen LogP contribution is 2.28. The number of benzene rings is 1. The summed E-state index contributed by atoms with van der Waals surface area (Å²) in [5.41, 5.74) is 8.85. The van der Waals surface area contributed by atoms with Gasteiger partial charge in [0.1, 0.15) is 16.2 Å². The summed E-state index contributed by atoms with van der Waals surface area (Å²) < 4.78 is 24.3. The number of furan rings is 1. The van der Waals surface area contributed by atoms with Gasteiger partial charge in [0.05, 0.1) is 17.5 Å². The van der Waals surface area contributed by atoms with Gasteiger partial charge in [-0.15, -0.1) is 0 Å². The van der Waals surface area contributed by atoms with Crippen molar-refractivity contribution in [3.05, 3.63) is 63.7 Å². The van der Waals surface area contributed by atoms with Crippen molar-refractivity contribution in [2.45, 2.75) is 6.54 Å². The van der Waals surface area contributed by atoms with Crippen molar-refractivity contribution in [2.24, 2.45) is 0 Å². The Bertz CT molecular complexity index is 1750. The maximum absolute atomic E-state index is 14.9. The smallest absolute Gasteiger partial charge is 0.309 e. The van der Waals surface area contributed by atoms with E-state index < -0.39 is 5.82 Å². The van der Waals surface area contributed by atoms with Crippen molar-refractivity contribution in [1.29, 1.82) is 0 Å². The van der Waals surface area contributed by atoms with Gasteiger partial charge in [-0.25, -0.2) is 4.39 Å². The fourth-order valence-corrected chi connectivity index (χ4v) is 6.01. The number of nitrogen functional groups attached to an aromatic ring is 1. The summed E-state index contributed by atoms with van der Waals surface area (Å²) in [6.45, 7) is 4.86. The van der Waals surface area contributed by atoms with Crippen molar-refractivity contribution in [3.8, 4) is 11.5 Å². The maximum atomic E-state index is 14.9. The number of fused-ring (bicyclic) bond motifs is 3. The van der Waals surface area contributed by atoms with Gasteiger partial charge in [0.25, 0.3) is 5.91 Å². The number of thiazole rings is 1. The lowest BCUT2D eigenvalue weighted by Crippen LogP contribution is -2.47. The Morgan fingerprint density at radius 1 is 1.15 bits per heavy atom. The SMILES string of the molecule is CNCCNC(=O)c1ccc(N2CCN(CCn3c(=O)sc4c3nc(N)n3nc(-c5ccco5)cc43)CC2)c(F)c1. The van der Waals surface area contributed by atoms with Crippen molar-refractivity contribution < 1.29 is 13.6 Å². The predicted octanol–water partition coefficient (Wildman–Crippen LogP) is 1.86. The summed E-state index contributed by atoms with van der Waals surface area (Å²) in [7, 11) is 1.80. The minimum Gasteiger partial charge on any atom is -0.463 e. The van der Waals surface area contributed by atoms with Gasteiger partial charge in [-0.05, 0) is 43.4 Å². The van der Waals surface area contributed by atoms with Gasteiger partial charge < -0.3 is 25.7 Å². The molecule has 0 bridgehead atoms. The zero-order valence-corrected chi connectivity index (χ0v) is 23.3. The first kappa shape index (κ1) is 26.9. The number of nitrogens with one attached hydrogen (secondary N) is 2. The second-order valence-electron chi connectivity index (χ2n) is 9.80. The van der Waals surface area contributed by atoms with Crippen LogP contribution >= 0.6 is 11.3 Å². The minimum absolute atomic E-state index is 0.114. The number of rotatable bonds is 9. The fraction of sp³-hybridized carbons (Fsp3) is 0.333. The van der Waals surface area contributed by atoms with E-state index in [2.05, 4.69) is 25.6 Å². The van der Waals surface area contributed by atoms with E-state index in [1.807, 2.05) is 17.0 Å². The predicted molar refractivity (Wildman–Crippen MR) is 156 cm³/mol. The normalized spacial score (nSPS) is 14.3. The number of halogens is 1. The molecule has 0 saturated carbocycles. The molecule has 0 unspecified atom stereocenters. The van der Waals surface area contributed by atoms with Gasteiger partial charge in [-0.3, -0.25) is 19.1 Å². The molecule has 4 N–H and O–H groups in total. The van der Waals surface area contributed by atoms with E-state index in [9.17, 15) is 14.0 Å². The van der Waals surface area contributed by atoms with Crippen LogP contribution in [0.15, 0.2) is 51.9 Å². The van der Waals surface area contributed by atoms with Gasteiger partial charge in [-0.2, -0.15) is 14.6 Å². The van der Waals surface area contributed by atoms with E-state index in [1.165, 1.54) is 10.6 Å². The lowest BCUT2D eigenvalue weighted by molar-refractivity contribution is 0.0953. The Morgan fingerprint density at radius 2 is 1.98 bits per heavy atom. The highest BCUT2D eigenvalue weighted by molar-refractivity contribution is 7.17. The number of anilines is 2. The summed E-state index contributed by atoms with van der Waals surface area (Å²) in [6, 6.07) is 10.1. The molecule has 1 saturated heterocycles. The molecule has 5 heterocycles. The zero-order valence-electron chi connectivity index (χ0n) is 22.5. The number of aromatic nitrogens is 4. The van der Waals surface area contributed by atoms with E-state index in [0.717, 1.165) is 11.3 Å². The molecule has 41 heavy (non-hydrogen) atoms. The molecule has 0 aliphatic carbocycles. The van der Waals surface area contributed by atoms with E-state index in [0.29, 0.717) is 90.9 Å². The van der Waals surface area contributed by atoms with Gasteiger partial charge in [0.2, 0.25) is 5.95 Å². The largest absolute Gasteiger partial charge is 0.463 e. The Hall–Kier alpha value is -4.27. The number of nitrogens with zero attached hydrogens (tertiary/aromatic N) is 6. The molecule has 1 aliphatic heterocycles. The second kappa shape index (κ2) is 11.3. The first-order chi connectivity index (χ1) is 19.9. The number of amides is 1. The third-order valence-electron chi connectivity index (χ3n) is 7.24. The molecule has 1 amide bonds. The van der Waals surface area contributed by atoms with Crippen LogP contribution in [-0.4, -0.2) is 82.8 Å². The Balaban J connectivity index is 1.11. The third kappa shape index (κ3) is 5.28. The molecule has 0 radical (unpaired) electrons. The highest BCUT2D eigenvalue weighted by atomic mass is 32.1. The number of carbonyl (C=O) groups excluding carboxylic acids is 1. The molecular formula is C27H30FN9O3S. The van der Waals surface area contributed by atoms with Crippen molar-refractivity contribution in [2.75, 3.05) is 63.5 Å². The topological polar surface area (TPSA) is 139 Å². The first-order valence-electron chi connectivity index (χ1n) is 13.3. The monoisotopic (exact) mass is 579 g/mol. The molecule has 14 heteroatoms. The Labute approximate surface area is 238 Å². The first-order valence-corrected chi connectivity index (χ1v) is 14.2. The van der Waals surface area contributed by atoms with E-state index in [4.69, 9.17) is 10.2 Å². The molecule has 6 rings (SSSR count). The molecule has 1 fully saturated rings. The molecule has 4 aromatic heterocycles. The molecule has 0 spiro atoms. The number of hydrogen-bond donors (Lipinski definition) is 3. The van der Waals surface area contributed by atoms with Crippen LogP contribution < -0.4 is 26.1 Å². The number of hydrogen-bond acceptors (Lipinski definition) is 10. The second-order valence-corrected chi connectivity index (χ2v) is 10.8. The highest BCUT2D eigenvalue weighted by Gasteiger charge is 2.22. The van der Waals surface area contributed by atoms with E-state index >= 15 is 0 Å².